The van der Waals surface area contributed by atoms with Crippen molar-refractivity contribution in [1.82, 2.24) is 24.9 Å². The van der Waals surface area contributed by atoms with Crippen LogP contribution in [-0.4, -0.2) is 24.9 Å². The molecule has 0 bridgehead atoms. The molecule has 0 saturated carbocycles. The summed E-state index contributed by atoms with van der Waals surface area (Å²) >= 11 is 0. The van der Waals surface area contributed by atoms with Crippen molar-refractivity contribution >= 4 is 32.7 Å². The van der Waals surface area contributed by atoms with Crippen LogP contribution < -0.4 is 0 Å². The molecular weight excluding hydrogens is 707 g/mol. The van der Waals surface area contributed by atoms with E-state index in [9.17, 15) is 0 Å². The summed E-state index contributed by atoms with van der Waals surface area (Å²) in [5.41, 5.74) is 14.7. The van der Waals surface area contributed by atoms with Gasteiger partial charge in [0.25, 0.3) is 0 Å². The first kappa shape index (κ1) is 35.1. The Balaban J connectivity index is 1.08. The minimum atomic E-state index is -0.121. The second-order valence-electron chi connectivity index (χ2n) is 15.8. The Bertz CT molecular complexity index is 3130. The Morgan fingerprint density at radius 3 is 1.69 bits per heavy atom. The van der Waals surface area contributed by atoms with Crippen molar-refractivity contribution < 1.29 is 0 Å². The highest BCUT2D eigenvalue weighted by Gasteiger charge is 2.21. The van der Waals surface area contributed by atoms with Gasteiger partial charge in [-0.05, 0) is 46.9 Å². The lowest BCUT2D eigenvalue weighted by atomic mass is 9.83. The van der Waals surface area contributed by atoms with Gasteiger partial charge in [-0.2, -0.15) is 0 Å². The monoisotopic (exact) mass is 745 g/mol. The molecule has 4 heterocycles. The van der Waals surface area contributed by atoms with Crippen LogP contribution in [0.5, 0.6) is 0 Å². The first-order valence-electron chi connectivity index (χ1n) is 19.7. The summed E-state index contributed by atoms with van der Waals surface area (Å²) in [6.45, 7) is 6.78. The number of aromatic nitrogens is 5. The predicted molar refractivity (Wildman–Crippen MR) is 239 cm³/mol. The molecular formula is C53H39N5. The smallest absolute Gasteiger partial charge is 0.160 e. The summed E-state index contributed by atoms with van der Waals surface area (Å²) in [5.74, 6) is 0.658. The Morgan fingerprint density at radius 1 is 0.362 bits per heavy atom. The van der Waals surface area contributed by atoms with Gasteiger partial charge in [0.2, 0.25) is 0 Å². The van der Waals surface area contributed by atoms with Crippen LogP contribution in [0.15, 0.2) is 182 Å². The van der Waals surface area contributed by atoms with Crippen LogP contribution in [0.2, 0.25) is 0 Å². The van der Waals surface area contributed by atoms with Crippen LogP contribution in [0.1, 0.15) is 26.3 Å². The van der Waals surface area contributed by atoms with Gasteiger partial charge in [-0.15, -0.1) is 0 Å². The van der Waals surface area contributed by atoms with Gasteiger partial charge < -0.3 is 0 Å². The van der Waals surface area contributed by atoms with Crippen molar-refractivity contribution in [2.45, 2.75) is 26.2 Å². The number of hydrogen-bond acceptors (Lipinski definition) is 5. The number of benzene rings is 6. The lowest BCUT2D eigenvalue weighted by Gasteiger charge is -2.23. The highest BCUT2D eigenvalue weighted by Crippen LogP contribution is 2.37. The number of fused-ring (bicyclic) bond motifs is 4. The molecule has 0 amide bonds. The molecule has 0 spiro atoms. The molecule has 0 N–H and O–H groups in total. The molecule has 0 radical (unpaired) electrons. The highest BCUT2D eigenvalue weighted by atomic mass is 14.9. The molecule has 0 unspecified atom stereocenters. The lowest BCUT2D eigenvalue weighted by Crippen LogP contribution is -2.12. The molecule has 0 atom stereocenters. The van der Waals surface area contributed by atoms with E-state index in [1.807, 2.05) is 36.5 Å². The highest BCUT2D eigenvalue weighted by molar-refractivity contribution is 6.05. The number of para-hydroxylation sites is 1. The van der Waals surface area contributed by atoms with Crippen molar-refractivity contribution in [3.8, 4) is 67.5 Å². The van der Waals surface area contributed by atoms with Gasteiger partial charge in [0, 0.05) is 55.7 Å². The number of pyridine rings is 3. The second-order valence-corrected chi connectivity index (χ2v) is 15.8. The standard InChI is InChI=1S/C53H39N5/c1-53(2,3)44-32-46(56-51-43(44)28-26-38-27-29-45(55-50(38)51)34-13-6-4-7-14-34)36-22-24-39(25-23-36)52-57-47(35-15-8-5-9-16-35)33-48(58-52)41-19-10-18-40(31-41)42-21-11-17-37-20-12-30-54-49(37)42/h4-33H,1-3H3. The minimum Gasteiger partial charge on any atom is -0.256 e. The van der Waals surface area contributed by atoms with E-state index in [1.165, 1.54) is 5.56 Å². The fraction of sp³-hybridized carbons (Fsp3) is 0.0755. The van der Waals surface area contributed by atoms with Crippen molar-refractivity contribution in [1.29, 1.82) is 0 Å². The van der Waals surface area contributed by atoms with E-state index in [2.05, 4.69) is 166 Å². The van der Waals surface area contributed by atoms with E-state index in [-0.39, 0.29) is 5.41 Å². The van der Waals surface area contributed by atoms with E-state index in [0.717, 1.165) is 94.4 Å². The second kappa shape index (κ2) is 14.3. The van der Waals surface area contributed by atoms with E-state index in [4.69, 9.17) is 24.9 Å². The van der Waals surface area contributed by atoms with Crippen LogP contribution in [0.25, 0.3) is 100 Å². The number of rotatable bonds is 6. The number of nitrogens with zero attached hydrogens (tertiary/aromatic N) is 5. The summed E-state index contributed by atoms with van der Waals surface area (Å²) in [5, 5.41) is 3.30. The van der Waals surface area contributed by atoms with Crippen molar-refractivity contribution in [2.75, 3.05) is 0 Å². The maximum atomic E-state index is 5.35. The molecule has 5 nitrogen and oxygen atoms in total. The third-order valence-corrected chi connectivity index (χ3v) is 10.9. The Hall–Kier alpha value is -7.37. The molecule has 0 fully saturated rings. The van der Waals surface area contributed by atoms with Crippen molar-refractivity contribution in [3.63, 3.8) is 0 Å². The molecule has 10 aromatic rings. The Kier molecular flexibility index (Phi) is 8.64. The van der Waals surface area contributed by atoms with Crippen LogP contribution in [0.3, 0.4) is 0 Å². The van der Waals surface area contributed by atoms with E-state index in [1.54, 1.807) is 0 Å². The van der Waals surface area contributed by atoms with Gasteiger partial charge in [0.05, 0.1) is 39.3 Å². The summed E-state index contributed by atoms with van der Waals surface area (Å²) in [6, 6.07) is 61.0. The van der Waals surface area contributed by atoms with Crippen molar-refractivity contribution in [3.05, 3.63) is 188 Å². The largest absolute Gasteiger partial charge is 0.256 e. The zero-order valence-corrected chi connectivity index (χ0v) is 32.6. The molecule has 0 saturated heterocycles. The summed E-state index contributed by atoms with van der Waals surface area (Å²) in [4.78, 5) is 25.6. The minimum absolute atomic E-state index is 0.121. The summed E-state index contributed by atoms with van der Waals surface area (Å²) in [7, 11) is 0. The first-order chi connectivity index (χ1) is 28.4. The molecule has 0 aliphatic carbocycles. The first-order valence-corrected chi connectivity index (χ1v) is 19.7. The topological polar surface area (TPSA) is 64.5 Å². The van der Waals surface area contributed by atoms with Crippen molar-refractivity contribution in [2.24, 2.45) is 0 Å². The van der Waals surface area contributed by atoms with Crippen LogP contribution >= 0.6 is 0 Å². The summed E-state index contributed by atoms with van der Waals surface area (Å²) < 4.78 is 0. The Labute approximate surface area is 337 Å². The van der Waals surface area contributed by atoms with Crippen LogP contribution in [-0.2, 0) is 5.41 Å². The SMILES string of the molecule is CC(C)(C)c1cc(-c2ccc(-c3nc(-c4ccccc4)cc(-c4cccc(-c5cccc6cccnc56)c4)n3)cc2)nc2c1ccc1ccc(-c3ccccc3)nc12. The molecule has 5 heteroatoms. The lowest BCUT2D eigenvalue weighted by molar-refractivity contribution is 0.595. The third kappa shape index (κ3) is 6.57. The van der Waals surface area contributed by atoms with Gasteiger partial charge in [0.1, 0.15) is 0 Å². The van der Waals surface area contributed by atoms with E-state index in [0.29, 0.717) is 5.82 Å². The Morgan fingerprint density at radius 2 is 0.931 bits per heavy atom. The normalized spacial score (nSPS) is 11.7. The van der Waals surface area contributed by atoms with Gasteiger partial charge in [-0.25, -0.2) is 19.9 Å². The van der Waals surface area contributed by atoms with E-state index < -0.39 is 0 Å². The molecule has 0 aliphatic rings. The fourth-order valence-corrected chi connectivity index (χ4v) is 7.86. The molecule has 6 aromatic carbocycles. The molecule has 276 valence electrons. The maximum absolute atomic E-state index is 5.35. The maximum Gasteiger partial charge on any atom is 0.160 e. The molecule has 10 rings (SSSR count). The zero-order chi connectivity index (χ0) is 39.2. The summed E-state index contributed by atoms with van der Waals surface area (Å²) in [6.07, 6.45) is 1.85. The van der Waals surface area contributed by atoms with Crippen LogP contribution in [0.4, 0.5) is 0 Å². The molecule has 0 aliphatic heterocycles. The van der Waals surface area contributed by atoms with Gasteiger partial charge in [-0.3, -0.25) is 4.98 Å². The van der Waals surface area contributed by atoms with Gasteiger partial charge in [-0.1, -0.05) is 166 Å². The fourth-order valence-electron chi connectivity index (χ4n) is 7.86. The van der Waals surface area contributed by atoms with Crippen LogP contribution in [0, 0.1) is 0 Å². The predicted octanol–water partition coefficient (Wildman–Crippen LogP) is 13.4. The average molecular weight is 746 g/mol. The van der Waals surface area contributed by atoms with E-state index >= 15 is 0 Å². The molecule has 58 heavy (non-hydrogen) atoms. The zero-order valence-electron chi connectivity index (χ0n) is 32.6. The third-order valence-electron chi connectivity index (χ3n) is 10.9. The molecule has 4 aromatic heterocycles. The van der Waals surface area contributed by atoms with Gasteiger partial charge in [0.15, 0.2) is 5.82 Å². The number of hydrogen-bond donors (Lipinski definition) is 0. The average Bonchev–Trinajstić information content (AvgIpc) is 3.28. The van der Waals surface area contributed by atoms with Gasteiger partial charge >= 0.3 is 0 Å². The quantitative estimate of drug-likeness (QED) is 0.159.